The summed E-state index contributed by atoms with van der Waals surface area (Å²) in [6.45, 7) is 0.639. The molecule has 0 bridgehead atoms. The SMILES string of the molecule is NCc1ccccc1CN=C1Nc2c(Oc3ccccc3Cl)cccc2S(=O)(=O)N1. The van der Waals surface area contributed by atoms with Crippen molar-refractivity contribution in [2.45, 2.75) is 18.0 Å². The van der Waals surface area contributed by atoms with Gasteiger partial charge in [-0.2, -0.15) is 0 Å². The number of nitrogens with one attached hydrogen (secondary N) is 2. The molecule has 0 spiro atoms. The molecular weight excluding hydrogens is 424 g/mol. The van der Waals surface area contributed by atoms with Gasteiger partial charge < -0.3 is 15.8 Å². The molecule has 0 fully saturated rings. The van der Waals surface area contributed by atoms with Crippen LogP contribution in [0.15, 0.2) is 76.6 Å². The maximum Gasteiger partial charge on any atom is 0.266 e. The number of guanidine groups is 1. The lowest BCUT2D eigenvalue weighted by Crippen LogP contribution is -2.40. The van der Waals surface area contributed by atoms with Gasteiger partial charge in [-0.1, -0.05) is 54.1 Å². The number of ether oxygens (including phenoxy) is 1. The fraction of sp³-hybridized carbons (Fsp3) is 0.0952. The first kappa shape index (κ1) is 20.2. The Morgan fingerprint density at radius 1 is 0.933 bits per heavy atom. The predicted molar refractivity (Wildman–Crippen MR) is 117 cm³/mol. The van der Waals surface area contributed by atoms with Crippen LogP contribution < -0.4 is 20.5 Å². The molecule has 1 heterocycles. The second-order valence-electron chi connectivity index (χ2n) is 6.53. The van der Waals surface area contributed by atoms with E-state index in [4.69, 9.17) is 22.1 Å². The number of anilines is 1. The fourth-order valence-electron chi connectivity index (χ4n) is 3.06. The fourth-order valence-corrected chi connectivity index (χ4v) is 4.39. The third kappa shape index (κ3) is 4.11. The van der Waals surface area contributed by atoms with Crippen molar-refractivity contribution in [1.29, 1.82) is 0 Å². The topological polar surface area (TPSA) is 106 Å². The molecule has 1 aliphatic heterocycles. The highest BCUT2D eigenvalue weighted by atomic mass is 35.5. The molecule has 0 atom stereocenters. The van der Waals surface area contributed by atoms with Gasteiger partial charge >= 0.3 is 0 Å². The van der Waals surface area contributed by atoms with Crippen LogP contribution >= 0.6 is 11.6 Å². The number of nitrogens with zero attached hydrogens (tertiary/aromatic N) is 1. The van der Waals surface area contributed by atoms with Crippen molar-refractivity contribution in [3.63, 3.8) is 0 Å². The Hall–Kier alpha value is -3.07. The van der Waals surface area contributed by atoms with Gasteiger partial charge in [0.25, 0.3) is 10.0 Å². The molecule has 0 radical (unpaired) electrons. The summed E-state index contributed by atoms with van der Waals surface area (Å²) in [6, 6.07) is 19.3. The Balaban J connectivity index is 1.68. The Labute approximate surface area is 179 Å². The van der Waals surface area contributed by atoms with Crippen LogP contribution in [0.4, 0.5) is 5.69 Å². The van der Waals surface area contributed by atoms with Gasteiger partial charge in [0.05, 0.1) is 11.6 Å². The Morgan fingerprint density at radius 2 is 1.63 bits per heavy atom. The van der Waals surface area contributed by atoms with Crippen molar-refractivity contribution in [2.24, 2.45) is 10.7 Å². The van der Waals surface area contributed by atoms with Crippen LogP contribution in [0.2, 0.25) is 5.02 Å². The van der Waals surface area contributed by atoms with Gasteiger partial charge in [0, 0.05) is 6.54 Å². The van der Waals surface area contributed by atoms with E-state index in [1.807, 2.05) is 24.3 Å². The summed E-state index contributed by atoms with van der Waals surface area (Å²) in [5.41, 5.74) is 7.93. The van der Waals surface area contributed by atoms with Gasteiger partial charge in [-0.25, -0.2) is 18.1 Å². The number of hydrogen-bond donors (Lipinski definition) is 3. The van der Waals surface area contributed by atoms with Gasteiger partial charge in [-0.15, -0.1) is 0 Å². The first-order valence-corrected chi connectivity index (χ1v) is 11.0. The van der Waals surface area contributed by atoms with Crippen LogP contribution in [0.25, 0.3) is 0 Å². The van der Waals surface area contributed by atoms with Crippen molar-refractivity contribution in [1.82, 2.24) is 4.72 Å². The third-order valence-electron chi connectivity index (χ3n) is 4.55. The highest BCUT2D eigenvalue weighted by molar-refractivity contribution is 7.90. The lowest BCUT2D eigenvalue weighted by molar-refractivity contribution is 0.483. The minimum atomic E-state index is -3.82. The summed E-state index contributed by atoms with van der Waals surface area (Å²) in [5.74, 6) is 0.839. The Bertz CT molecular complexity index is 1230. The molecule has 0 saturated carbocycles. The van der Waals surface area contributed by atoms with E-state index >= 15 is 0 Å². The Morgan fingerprint density at radius 3 is 2.40 bits per heavy atom. The number of nitrogens with two attached hydrogens (primary N) is 1. The van der Waals surface area contributed by atoms with E-state index in [1.54, 1.807) is 36.4 Å². The van der Waals surface area contributed by atoms with Crippen molar-refractivity contribution in [3.05, 3.63) is 82.9 Å². The second kappa shape index (κ2) is 8.35. The number of hydrogen-bond acceptors (Lipinski definition) is 5. The molecule has 0 amide bonds. The van der Waals surface area contributed by atoms with E-state index in [1.165, 1.54) is 6.07 Å². The number of sulfonamides is 1. The van der Waals surface area contributed by atoms with Gasteiger partial charge in [0.1, 0.15) is 16.3 Å². The molecule has 4 rings (SSSR count). The van der Waals surface area contributed by atoms with Crippen LogP contribution in [-0.2, 0) is 23.1 Å². The summed E-state index contributed by atoms with van der Waals surface area (Å²) in [4.78, 5) is 4.46. The molecule has 1 aliphatic rings. The van der Waals surface area contributed by atoms with E-state index in [0.29, 0.717) is 28.8 Å². The maximum absolute atomic E-state index is 12.8. The van der Waals surface area contributed by atoms with Gasteiger partial charge in [0.2, 0.25) is 5.96 Å². The summed E-state index contributed by atoms with van der Waals surface area (Å²) in [6.07, 6.45) is 0. The molecule has 30 heavy (non-hydrogen) atoms. The van der Waals surface area contributed by atoms with E-state index in [2.05, 4.69) is 15.0 Å². The lowest BCUT2D eigenvalue weighted by Gasteiger charge is -2.24. The number of halogens is 1. The number of aliphatic imine (C=N–C) groups is 1. The monoisotopic (exact) mass is 442 g/mol. The first-order chi connectivity index (χ1) is 14.5. The third-order valence-corrected chi connectivity index (χ3v) is 6.25. The molecule has 9 heteroatoms. The van der Waals surface area contributed by atoms with E-state index in [9.17, 15) is 8.42 Å². The van der Waals surface area contributed by atoms with E-state index < -0.39 is 10.0 Å². The minimum absolute atomic E-state index is 0.0633. The molecule has 3 aromatic rings. The number of benzene rings is 3. The van der Waals surface area contributed by atoms with E-state index in [0.717, 1.165) is 11.1 Å². The molecule has 4 N–H and O–H groups in total. The van der Waals surface area contributed by atoms with Crippen LogP contribution in [0.5, 0.6) is 11.5 Å². The second-order valence-corrected chi connectivity index (χ2v) is 8.59. The van der Waals surface area contributed by atoms with Gasteiger partial charge in [0.15, 0.2) is 5.75 Å². The standard InChI is InChI=1S/C21H19ClN4O3S/c22-16-8-3-4-9-17(16)29-18-10-5-11-19-20(18)25-21(26-30(19,27)28)24-13-15-7-2-1-6-14(15)12-23/h1-11H,12-13,23H2,(H2,24,25,26). The maximum atomic E-state index is 12.8. The quantitative estimate of drug-likeness (QED) is 0.556. The zero-order chi connectivity index (χ0) is 21.1. The zero-order valence-corrected chi connectivity index (χ0v) is 17.4. The lowest BCUT2D eigenvalue weighted by atomic mass is 10.1. The van der Waals surface area contributed by atoms with Crippen LogP contribution in [0.1, 0.15) is 11.1 Å². The first-order valence-electron chi connectivity index (χ1n) is 9.14. The molecule has 0 unspecified atom stereocenters. The van der Waals surface area contributed by atoms with Crippen molar-refractivity contribution in [2.75, 3.05) is 5.32 Å². The van der Waals surface area contributed by atoms with E-state index in [-0.39, 0.29) is 17.4 Å². The molecule has 3 aromatic carbocycles. The molecular formula is C21H19ClN4O3S. The number of fused-ring (bicyclic) bond motifs is 1. The summed E-state index contributed by atoms with van der Waals surface area (Å²) in [7, 11) is -3.82. The van der Waals surface area contributed by atoms with Crippen molar-refractivity contribution >= 4 is 33.3 Å². The minimum Gasteiger partial charge on any atom is -0.454 e. The predicted octanol–water partition coefficient (Wildman–Crippen LogP) is 3.85. The molecule has 154 valence electrons. The summed E-state index contributed by atoms with van der Waals surface area (Å²) < 4.78 is 33.9. The van der Waals surface area contributed by atoms with Crippen LogP contribution in [0, 0.1) is 0 Å². The number of para-hydroxylation sites is 2. The largest absolute Gasteiger partial charge is 0.454 e. The average molecular weight is 443 g/mol. The number of rotatable bonds is 5. The summed E-state index contributed by atoms with van der Waals surface area (Å²) >= 11 is 6.18. The Kier molecular flexibility index (Phi) is 5.63. The zero-order valence-electron chi connectivity index (χ0n) is 15.8. The highest BCUT2D eigenvalue weighted by Gasteiger charge is 2.29. The van der Waals surface area contributed by atoms with Crippen molar-refractivity contribution in [3.8, 4) is 11.5 Å². The molecule has 7 nitrogen and oxygen atoms in total. The normalized spacial score (nSPS) is 15.7. The van der Waals surface area contributed by atoms with Gasteiger partial charge in [-0.05, 0) is 35.4 Å². The molecule has 0 saturated heterocycles. The van der Waals surface area contributed by atoms with Crippen molar-refractivity contribution < 1.29 is 13.2 Å². The summed E-state index contributed by atoms with van der Waals surface area (Å²) in [5, 5.41) is 3.44. The molecule has 0 aliphatic carbocycles. The van der Waals surface area contributed by atoms with Crippen LogP contribution in [-0.4, -0.2) is 14.4 Å². The van der Waals surface area contributed by atoms with Crippen LogP contribution in [0.3, 0.4) is 0 Å². The molecule has 0 aromatic heterocycles. The average Bonchev–Trinajstić information content (AvgIpc) is 2.74. The highest BCUT2D eigenvalue weighted by Crippen LogP contribution is 2.38. The van der Waals surface area contributed by atoms with Gasteiger partial charge in [-0.3, -0.25) is 0 Å². The smallest absolute Gasteiger partial charge is 0.266 e.